The molecule has 0 aliphatic heterocycles. The highest BCUT2D eigenvalue weighted by molar-refractivity contribution is 8.12. The van der Waals surface area contributed by atoms with Gasteiger partial charge in [0.25, 0.3) is 0 Å². The lowest BCUT2D eigenvalue weighted by molar-refractivity contribution is 0.241. The highest BCUT2D eigenvalue weighted by atomic mass is 31.2. The van der Waals surface area contributed by atoms with Gasteiger partial charge in [-0.3, -0.25) is 0 Å². The summed E-state index contributed by atoms with van der Waals surface area (Å²) in [7, 11) is 11.2. The summed E-state index contributed by atoms with van der Waals surface area (Å²) in [4.78, 5) is 0. The smallest absolute Gasteiger partial charge is 0.0624 e. The minimum atomic E-state index is -1.68. The zero-order valence-electron chi connectivity index (χ0n) is 18.2. The Kier molecular flexibility index (Phi) is 7.24. The zero-order valence-corrected chi connectivity index (χ0v) is 20.0. The molecule has 0 bridgehead atoms. The monoisotopic (exact) mass is 366 g/mol. The van der Waals surface area contributed by atoms with Crippen molar-refractivity contribution in [2.24, 2.45) is 17.8 Å². The summed E-state index contributed by atoms with van der Waals surface area (Å²) in [5.74, 6) is 3.45. The highest BCUT2D eigenvalue weighted by Gasteiger charge is 2.60. The maximum absolute atomic E-state index is 7.26. The first-order valence-corrected chi connectivity index (χ1v) is 14.4. The van der Waals surface area contributed by atoms with Crippen LogP contribution >= 0.6 is 14.3 Å². The van der Waals surface area contributed by atoms with Gasteiger partial charge in [-0.25, -0.2) is 0 Å². The van der Waals surface area contributed by atoms with Gasteiger partial charge < -0.3 is 0 Å². The Morgan fingerprint density at radius 2 is 1.42 bits per heavy atom. The minimum Gasteiger partial charge on any atom is -0.0624 e. The predicted octanol–water partition coefficient (Wildman–Crippen LogP) is 6.83. The van der Waals surface area contributed by atoms with E-state index in [0.29, 0.717) is 5.66 Å². The van der Waals surface area contributed by atoms with Crippen molar-refractivity contribution in [1.82, 2.24) is 0 Å². The van der Waals surface area contributed by atoms with Crippen molar-refractivity contribution in [3.05, 3.63) is 0 Å². The van der Waals surface area contributed by atoms with E-state index in [0.717, 1.165) is 23.7 Å². The molecule has 1 fully saturated rings. The molecule has 0 saturated heterocycles. The molecule has 1 aliphatic rings. The highest BCUT2D eigenvalue weighted by Crippen LogP contribution is 2.82. The Labute approximate surface area is 157 Å². The first-order chi connectivity index (χ1) is 10.5. The second kappa shape index (κ2) is 7.55. The summed E-state index contributed by atoms with van der Waals surface area (Å²) in [6.45, 7) is 23.7. The van der Waals surface area contributed by atoms with Crippen molar-refractivity contribution in [1.29, 1.82) is 0 Å². The van der Waals surface area contributed by atoms with E-state index in [9.17, 15) is 0 Å². The van der Waals surface area contributed by atoms with Gasteiger partial charge in [0.05, 0.1) is 16.0 Å². The minimum absolute atomic E-state index is 0.152. The third-order valence-electron chi connectivity index (χ3n) is 6.67. The predicted molar refractivity (Wildman–Crippen MR) is 121 cm³/mol. The van der Waals surface area contributed by atoms with E-state index in [4.69, 9.17) is 15.1 Å². The third kappa shape index (κ3) is 4.83. The van der Waals surface area contributed by atoms with Gasteiger partial charge in [0.15, 0.2) is 0 Å². The molecule has 136 valence electrons. The summed E-state index contributed by atoms with van der Waals surface area (Å²) in [5.41, 5.74) is 0.703. The molecule has 0 aromatic heterocycles. The summed E-state index contributed by atoms with van der Waals surface area (Å²) < 4.78 is 0. The molecule has 0 amide bonds. The fourth-order valence-electron chi connectivity index (χ4n) is 4.85. The molecule has 4 radical (unpaired) electrons. The van der Waals surface area contributed by atoms with Crippen LogP contribution in [0.2, 0.25) is 0 Å². The van der Waals surface area contributed by atoms with Crippen LogP contribution in [0.3, 0.4) is 0 Å². The summed E-state index contributed by atoms with van der Waals surface area (Å²) in [6.07, 6.45) is 4.05. The largest absolute Gasteiger partial charge is 0.370 e. The maximum atomic E-state index is 7.26. The zero-order chi connectivity index (χ0) is 19.1. The number of rotatable bonds is 4. The van der Waals surface area contributed by atoms with Crippen molar-refractivity contribution in [2.45, 2.75) is 97.5 Å². The topological polar surface area (TPSA) is 0 Å². The summed E-state index contributed by atoms with van der Waals surface area (Å²) in [5, 5.41) is 0.305. The quantitative estimate of drug-likeness (QED) is 0.378. The molecule has 0 N–H and O–H groups in total. The normalized spacial score (nSPS) is 29.5. The molecule has 4 heteroatoms. The second-order valence-electron chi connectivity index (χ2n) is 11.1. The molecule has 0 aromatic carbocycles. The average Bonchev–Trinajstić information content (AvgIpc) is 2.34. The summed E-state index contributed by atoms with van der Waals surface area (Å²) in [6, 6.07) is 0. The van der Waals surface area contributed by atoms with Gasteiger partial charge in [0, 0.05) is 13.8 Å². The van der Waals surface area contributed by atoms with Crippen LogP contribution in [0.25, 0.3) is 0 Å². The van der Waals surface area contributed by atoms with Crippen LogP contribution in [0.1, 0.15) is 81.6 Å². The Morgan fingerprint density at radius 3 is 1.79 bits per heavy atom. The van der Waals surface area contributed by atoms with E-state index in [1.54, 1.807) is 0 Å². The first-order valence-electron chi connectivity index (χ1n) is 9.83. The molecule has 1 rings (SSSR count). The number of hydrogen-bond acceptors (Lipinski definition) is 0. The van der Waals surface area contributed by atoms with Crippen LogP contribution < -0.4 is 0 Å². The Balaban J connectivity index is 3.20. The molecule has 0 nitrogen and oxygen atoms in total. The lowest BCUT2D eigenvalue weighted by atomic mass is 9.77. The maximum Gasteiger partial charge on any atom is 0.370 e. The third-order valence-corrected chi connectivity index (χ3v) is 17.8. The molecular weight excluding hydrogens is 324 g/mol. The van der Waals surface area contributed by atoms with Gasteiger partial charge in [-0.15, -0.1) is 0 Å². The fraction of sp³-hybridized carbons (Fsp3) is 1.00. The van der Waals surface area contributed by atoms with Gasteiger partial charge in [-0.1, -0.05) is 27.2 Å². The number of hydrogen-bond donors (Lipinski definition) is 0. The van der Waals surface area contributed by atoms with Gasteiger partial charge in [-0.05, 0) is 79.3 Å². The van der Waals surface area contributed by atoms with E-state index in [1.165, 1.54) is 19.3 Å². The lowest BCUT2D eigenvalue weighted by Crippen LogP contribution is -2.40. The molecule has 1 aliphatic carbocycles. The summed E-state index contributed by atoms with van der Waals surface area (Å²) >= 11 is 0. The molecule has 0 spiro atoms. The SMILES string of the molecule is [B][P+](C)(C[P+]([B])(C(C)(C)C)C(C)(C)C)[C@@H]1C[C@H](C)CC[C@H]1C(C)C. The van der Waals surface area contributed by atoms with Crippen molar-refractivity contribution >= 4 is 29.4 Å². The van der Waals surface area contributed by atoms with E-state index < -0.39 is 14.3 Å². The van der Waals surface area contributed by atoms with Crippen molar-refractivity contribution in [2.75, 3.05) is 12.6 Å². The second-order valence-corrected chi connectivity index (χ2v) is 20.0. The van der Waals surface area contributed by atoms with E-state index in [2.05, 4.69) is 69.0 Å². The lowest BCUT2D eigenvalue weighted by Gasteiger charge is -2.50. The molecule has 0 aromatic rings. The Hall–Kier alpha value is 0.990. The van der Waals surface area contributed by atoms with Crippen LogP contribution in [0.4, 0.5) is 0 Å². The van der Waals surface area contributed by atoms with E-state index in [-0.39, 0.29) is 10.3 Å². The molecule has 24 heavy (non-hydrogen) atoms. The Bertz CT molecular complexity index is 404. The molecule has 1 saturated carbocycles. The molecule has 4 atom stereocenters. The van der Waals surface area contributed by atoms with Crippen molar-refractivity contribution < 1.29 is 0 Å². The van der Waals surface area contributed by atoms with Crippen LogP contribution in [0, 0.1) is 17.8 Å². The molecular formula is C20H42B2P2+2. The molecule has 1 unspecified atom stereocenters. The van der Waals surface area contributed by atoms with Gasteiger partial charge >= 0.3 is 15.1 Å². The van der Waals surface area contributed by atoms with Gasteiger partial charge in [0.1, 0.15) is 5.90 Å². The van der Waals surface area contributed by atoms with Crippen molar-refractivity contribution in [3.8, 4) is 0 Å². The van der Waals surface area contributed by atoms with Crippen molar-refractivity contribution in [3.63, 3.8) is 0 Å². The van der Waals surface area contributed by atoms with Crippen LogP contribution in [0.5, 0.6) is 0 Å². The first kappa shape index (κ1) is 23.0. The van der Waals surface area contributed by atoms with Gasteiger partial charge in [-0.2, -0.15) is 0 Å². The average molecular weight is 366 g/mol. The van der Waals surface area contributed by atoms with Crippen LogP contribution in [-0.4, -0.2) is 43.7 Å². The standard InChI is InChI=1S/C20H42B2P2/c1-15(2)17-12-11-16(3)13-18(17)23(10,21)14-24(22,19(4,5)6)20(7,8)9/h15-18H,11-14H2,1-10H3/q+2/t16-,17+,18-,23?/m1/s1. The van der Waals surface area contributed by atoms with Gasteiger partial charge in [0.2, 0.25) is 0 Å². The van der Waals surface area contributed by atoms with E-state index in [1.807, 2.05) is 0 Å². The Morgan fingerprint density at radius 1 is 0.958 bits per heavy atom. The molecule has 0 heterocycles. The van der Waals surface area contributed by atoms with E-state index >= 15 is 0 Å². The van der Waals surface area contributed by atoms with Crippen LogP contribution in [0.15, 0.2) is 0 Å². The van der Waals surface area contributed by atoms with Crippen LogP contribution in [-0.2, 0) is 0 Å². The fourth-order valence-corrected chi connectivity index (χ4v) is 17.1.